The molecule has 2 rings (SSSR count). The van der Waals surface area contributed by atoms with E-state index in [1.807, 2.05) is 0 Å². The number of nitro groups is 1. The zero-order chi connectivity index (χ0) is 11.5. The molecule has 0 atom stereocenters. The van der Waals surface area contributed by atoms with Gasteiger partial charge in [-0.1, -0.05) is 0 Å². The monoisotopic (exact) mass is 222 g/mol. The maximum atomic E-state index is 10.6. The SMILES string of the molecule is O=[N+]([O-])c1ccc(N2CCCC2)c(CO)c1. The fourth-order valence-corrected chi connectivity index (χ4v) is 2.08. The van der Waals surface area contributed by atoms with Gasteiger partial charge >= 0.3 is 0 Å². The van der Waals surface area contributed by atoms with E-state index in [2.05, 4.69) is 4.90 Å². The largest absolute Gasteiger partial charge is 0.392 e. The first-order chi connectivity index (χ1) is 7.72. The van der Waals surface area contributed by atoms with E-state index in [9.17, 15) is 15.2 Å². The van der Waals surface area contributed by atoms with E-state index in [4.69, 9.17) is 0 Å². The van der Waals surface area contributed by atoms with Gasteiger partial charge in [0.1, 0.15) is 0 Å². The third kappa shape index (κ3) is 1.99. The fraction of sp³-hybridized carbons (Fsp3) is 0.455. The van der Waals surface area contributed by atoms with Crippen molar-refractivity contribution in [3.05, 3.63) is 33.9 Å². The summed E-state index contributed by atoms with van der Waals surface area (Å²) in [4.78, 5) is 12.3. The molecule has 0 amide bonds. The van der Waals surface area contributed by atoms with Crippen LogP contribution in [-0.4, -0.2) is 23.1 Å². The first kappa shape index (κ1) is 10.9. The summed E-state index contributed by atoms with van der Waals surface area (Å²) in [6.45, 7) is 1.77. The van der Waals surface area contributed by atoms with Gasteiger partial charge in [0.05, 0.1) is 11.5 Å². The Morgan fingerprint density at radius 1 is 1.38 bits per heavy atom. The van der Waals surface area contributed by atoms with Crippen LogP contribution in [0.15, 0.2) is 18.2 Å². The minimum Gasteiger partial charge on any atom is -0.392 e. The molecule has 1 aromatic rings. The summed E-state index contributed by atoms with van der Waals surface area (Å²) in [5, 5.41) is 19.8. The molecule has 0 radical (unpaired) electrons. The minimum atomic E-state index is -0.438. The van der Waals surface area contributed by atoms with Gasteiger partial charge in [-0.05, 0) is 18.9 Å². The lowest BCUT2D eigenvalue weighted by atomic mass is 10.1. The van der Waals surface area contributed by atoms with E-state index in [1.54, 1.807) is 6.07 Å². The van der Waals surface area contributed by atoms with Crippen LogP contribution < -0.4 is 4.90 Å². The van der Waals surface area contributed by atoms with Crippen LogP contribution in [0, 0.1) is 10.1 Å². The lowest BCUT2D eigenvalue weighted by Crippen LogP contribution is -2.19. The molecule has 5 nitrogen and oxygen atoms in total. The Hall–Kier alpha value is -1.62. The van der Waals surface area contributed by atoms with E-state index < -0.39 is 4.92 Å². The summed E-state index contributed by atoms with van der Waals surface area (Å²) in [7, 11) is 0. The zero-order valence-corrected chi connectivity index (χ0v) is 8.93. The fourth-order valence-electron chi connectivity index (χ4n) is 2.08. The van der Waals surface area contributed by atoms with Gasteiger partial charge in [0.15, 0.2) is 0 Å². The Kier molecular flexibility index (Phi) is 3.05. The lowest BCUT2D eigenvalue weighted by Gasteiger charge is -2.20. The molecule has 0 aromatic heterocycles. The molecule has 0 unspecified atom stereocenters. The van der Waals surface area contributed by atoms with E-state index in [-0.39, 0.29) is 12.3 Å². The second-order valence-corrected chi connectivity index (χ2v) is 3.92. The lowest BCUT2D eigenvalue weighted by molar-refractivity contribution is -0.384. The van der Waals surface area contributed by atoms with Gasteiger partial charge in [-0.25, -0.2) is 0 Å². The summed E-state index contributed by atoms with van der Waals surface area (Å²) >= 11 is 0. The average Bonchev–Trinajstić information content (AvgIpc) is 2.81. The predicted molar refractivity (Wildman–Crippen MR) is 60.5 cm³/mol. The van der Waals surface area contributed by atoms with Gasteiger partial charge < -0.3 is 10.0 Å². The number of aliphatic hydroxyl groups excluding tert-OH is 1. The molecule has 16 heavy (non-hydrogen) atoms. The molecule has 5 heteroatoms. The molecule has 1 saturated heterocycles. The van der Waals surface area contributed by atoms with Crippen LogP contribution >= 0.6 is 0 Å². The number of benzene rings is 1. The Morgan fingerprint density at radius 3 is 2.62 bits per heavy atom. The summed E-state index contributed by atoms with van der Waals surface area (Å²) in [6.07, 6.45) is 2.28. The average molecular weight is 222 g/mol. The third-order valence-electron chi connectivity index (χ3n) is 2.89. The summed E-state index contributed by atoms with van der Waals surface area (Å²) in [5.41, 5.74) is 1.59. The Bertz CT molecular complexity index is 400. The van der Waals surface area contributed by atoms with Crippen LogP contribution in [0.4, 0.5) is 11.4 Å². The molecule has 1 aromatic carbocycles. The maximum absolute atomic E-state index is 10.6. The predicted octanol–water partition coefficient (Wildman–Crippen LogP) is 1.69. The van der Waals surface area contributed by atoms with Crippen molar-refractivity contribution < 1.29 is 10.0 Å². The normalized spacial score (nSPS) is 15.4. The molecule has 86 valence electrons. The number of nitro benzene ring substituents is 1. The van der Waals surface area contributed by atoms with Crippen LogP contribution in [0.2, 0.25) is 0 Å². The maximum Gasteiger partial charge on any atom is 0.269 e. The van der Waals surface area contributed by atoms with Crippen LogP contribution in [0.3, 0.4) is 0 Å². The van der Waals surface area contributed by atoms with Gasteiger partial charge in [0, 0.05) is 36.5 Å². The molecule has 1 aliphatic rings. The Morgan fingerprint density at radius 2 is 2.06 bits per heavy atom. The standard InChI is InChI=1S/C11H14N2O3/c14-8-9-7-10(13(15)16)3-4-11(9)12-5-1-2-6-12/h3-4,7,14H,1-2,5-6,8H2. The van der Waals surface area contributed by atoms with E-state index in [1.165, 1.54) is 12.1 Å². The summed E-state index contributed by atoms with van der Waals surface area (Å²) in [6, 6.07) is 4.68. The first-order valence-corrected chi connectivity index (χ1v) is 5.35. The van der Waals surface area contributed by atoms with Gasteiger partial charge in [-0.3, -0.25) is 10.1 Å². The second kappa shape index (κ2) is 4.49. The highest BCUT2D eigenvalue weighted by atomic mass is 16.6. The molecule has 1 N–H and O–H groups in total. The van der Waals surface area contributed by atoms with Gasteiger partial charge in [-0.2, -0.15) is 0 Å². The molecule has 0 saturated carbocycles. The quantitative estimate of drug-likeness (QED) is 0.624. The molecule has 0 aliphatic carbocycles. The van der Waals surface area contributed by atoms with Crippen LogP contribution in [0.1, 0.15) is 18.4 Å². The molecule has 1 fully saturated rings. The van der Waals surface area contributed by atoms with E-state index in [0.29, 0.717) is 5.56 Å². The number of non-ortho nitro benzene ring substituents is 1. The highest BCUT2D eigenvalue weighted by molar-refractivity contribution is 5.58. The van der Waals surface area contributed by atoms with Gasteiger partial charge in [0.2, 0.25) is 0 Å². The van der Waals surface area contributed by atoms with Crippen molar-refractivity contribution in [2.45, 2.75) is 19.4 Å². The molecular weight excluding hydrogens is 208 g/mol. The number of nitrogens with zero attached hydrogens (tertiary/aromatic N) is 2. The number of rotatable bonds is 3. The summed E-state index contributed by atoms with van der Waals surface area (Å²) < 4.78 is 0. The minimum absolute atomic E-state index is 0.0343. The van der Waals surface area contributed by atoms with Gasteiger partial charge in [0.25, 0.3) is 5.69 Å². The molecule has 0 bridgehead atoms. The van der Waals surface area contributed by atoms with Crippen LogP contribution in [-0.2, 0) is 6.61 Å². The van der Waals surface area contributed by atoms with Crippen molar-refractivity contribution in [2.75, 3.05) is 18.0 Å². The zero-order valence-electron chi connectivity index (χ0n) is 8.93. The van der Waals surface area contributed by atoms with Crippen molar-refractivity contribution in [3.63, 3.8) is 0 Å². The number of hydrogen-bond acceptors (Lipinski definition) is 4. The van der Waals surface area contributed by atoms with Crippen LogP contribution in [0.25, 0.3) is 0 Å². The van der Waals surface area contributed by atoms with Crippen molar-refractivity contribution in [1.29, 1.82) is 0 Å². The number of anilines is 1. The Labute approximate surface area is 93.5 Å². The number of aliphatic hydroxyl groups is 1. The van der Waals surface area contributed by atoms with Gasteiger partial charge in [-0.15, -0.1) is 0 Å². The molecule has 1 heterocycles. The second-order valence-electron chi connectivity index (χ2n) is 3.92. The topological polar surface area (TPSA) is 66.6 Å². The summed E-state index contributed by atoms with van der Waals surface area (Å²) in [5.74, 6) is 0. The highest BCUT2D eigenvalue weighted by Crippen LogP contribution is 2.28. The molecule has 1 aliphatic heterocycles. The number of hydrogen-bond donors (Lipinski definition) is 1. The van der Waals surface area contributed by atoms with E-state index in [0.717, 1.165) is 31.6 Å². The highest BCUT2D eigenvalue weighted by Gasteiger charge is 2.17. The van der Waals surface area contributed by atoms with Crippen molar-refractivity contribution in [2.24, 2.45) is 0 Å². The van der Waals surface area contributed by atoms with Crippen molar-refractivity contribution in [1.82, 2.24) is 0 Å². The first-order valence-electron chi connectivity index (χ1n) is 5.35. The van der Waals surface area contributed by atoms with Crippen LogP contribution in [0.5, 0.6) is 0 Å². The molecular formula is C11H14N2O3. The third-order valence-corrected chi connectivity index (χ3v) is 2.89. The van der Waals surface area contributed by atoms with Crippen molar-refractivity contribution in [3.8, 4) is 0 Å². The van der Waals surface area contributed by atoms with E-state index >= 15 is 0 Å². The smallest absolute Gasteiger partial charge is 0.269 e. The van der Waals surface area contributed by atoms with Crippen molar-refractivity contribution >= 4 is 11.4 Å². The molecule has 0 spiro atoms. The Balaban J connectivity index is 2.34.